The largest absolute Gasteiger partial charge is 0.146 e. The third-order valence-corrected chi connectivity index (χ3v) is 7.05. The summed E-state index contributed by atoms with van der Waals surface area (Å²) < 4.78 is 0. The summed E-state index contributed by atoms with van der Waals surface area (Å²) >= 11 is 11.8. The summed E-state index contributed by atoms with van der Waals surface area (Å²) in [5.41, 5.74) is 0.312. The number of rotatable bonds is 3. The van der Waals surface area contributed by atoms with E-state index in [9.17, 15) is 0 Å². The molecule has 2 rings (SSSR count). The second-order valence-corrected chi connectivity index (χ2v) is 7.22. The van der Waals surface area contributed by atoms with Gasteiger partial charge in [0.25, 0.3) is 0 Å². The molecule has 0 aromatic carbocycles. The molecule has 0 spiro atoms. The molecule has 1 atom stereocenters. The molecule has 0 saturated heterocycles. The van der Waals surface area contributed by atoms with Crippen molar-refractivity contribution in [2.24, 2.45) is 11.3 Å². The van der Waals surface area contributed by atoms with E-state index in [2.05, 4.69) is 35.2 Å². The average molecular weight is 308 g/mol. The maximum atomic E-state index is 6.19. The molecule has 0 radical (unpaired) electrons. The van der Waals surface area contributed by atoms with E-state index in [1.165, 1.54) is 24.1 Å². The second-order valence-electron chi connectivity index (χ2n) is 4.94. The zero-order valence-corrected chi connectivity index (χ0v) is 12.3. The van der Waals surface area contributed by atoms with Gasteiger partial charge in [0, 0.05) is 4.88 Å². The fraction of sp³-hybridized carbons (Fsp3) is 0.667. The van der Waals surface area contributed by atoms with Gasteiger partial charge in [-0.05, 0) is 35.6 Å². The van der Waals surface area contributed by atoms with E-state index in [1.54, 1.807) is 11.3 Å². The molecule has 0 N–H and O–H groups in total. The summed E-state index contributed by atoms with van der Waals surface area (Å²) in [6, 6.07) is 1.99. The van der Waals surface area contributed by atoms with E-state index in [1.807, 2.05) is 6.07 Å². The van der Waals surface area contributed by atoms with Crippen LogP contribution in [-0.4, -0.2) is 0 Å². The van der Waals surface area contributed by atoms with Gasteiger partial charge in [0.15, 0.2) is 0 Å². The molecule has 0 aliphatic heterocycles. The zero-order valence-electron chi connectivity index (χ0n) is 9.09. The molecule has 0 amide bonds. The molecule has 1 saturated carbocycles. The molecule has 1 aliphatic rings. The van der Waals surface area contributed by atoms with Crippen LogP contribution in [0.5, 0.6) is 0 Å². The van der Waals surface area contributed by atoms with Crippen molar-refractivity contribution in [1.82, 2.24) is 0 Å². The van der Waals surface area contributed by atoms with Crippen LogP contribution in [-0.2, 0) is 0 Å². The molecule has 1 unspecified atom stereocenters. The molecular weight excluding hydrogens is 292 g/mol. The van der Waals surface area contributed by atoms with Gasteiger partial charge in [-0.2, -0.15) is 0 Å². The van der Waals surface area contributed by atoms with E-state index in [0.717, 1.165) is 10.9 Å². The van der Waals surface area contributed by atoms with Crippen molar-refractivity contribution in [3.05, 3.63) is 21.3 Å². The van der Waals surface area contributed by atoms with Crippen molar-refractivity contribution >= 4 is 38.9 Å². The van der Waals surface area contributed by atoms with Crippen molar-refractivity contribution in [1.29, 1.82) is 0 Å². The van der Waals surface area contributed by atoms with E-state index < -0.39 is 0 Å². The summed E-state index contributed by atoms with van der Waals surface area (Å²) in [5, 5.41) is 2.98. The monoisotopic (exact) mass is 306 g/mol. The Morgan fingerprint density at radius 3 is 2.60 bits per heavy atom. The number of hydrogen-bond acceptors (Lipinski definition) is 1. The van der Waals surface area contributed by atoms with Gasteiger partial charge < -0.3 is 0 Å². The highest BCUT2D eigenvalue weighted by molar-refractivity contribution is 9.09. The third-order valence-electron chi connectivity index (χ3n) is 3.69. The molecule has 0 bridgehead atoms. The van der Waals surface area contributed by atoms with Gasteiger partial charge in [-0.15, -0.1) is 11.3 Å². The standard InChI is InChI=1S/C12H16BrClS/c1-12(2,8-4-3-5-8)11(13)10-9(14)6-7-15-10/h6-8,11H,3-5H2,1-2H3. The van der Waals surface area contributed by atoms with Crippen LogP contribution < -0.4 is 0 Å². The molecule has 1 heterocycles. The SMILES string of the molecule is CC(C)(C1CCC1)C(Br)c1sccc1Cl. The van der Waals surface area contributed by atoms with Crippen molar-refractivity contribution in [3.8, 4) is 0 Å². The Morgan fingerprint density at radius 2 is 2.20 bits per heavy atom. The molecule has 15 heavy (non-hydrogen) atoms. The summed E-state index contributed by atoms with van der Waals surface area (Å²) in [4.78, 5) is 1.68. The molecular formula is C12H16BrClS. The fourth-order valence-electron chi connectivity index (χ4n) is 2.18. The fourth-order valence-corrected chi connectivity index (χ4v) is 4.59. The predicted molar refractivity (Wildman–Crippen MR) is 72.1 cm³/mol. The minimum Gasteiger partial charge on any atom is -0.146 e. The minimum atomic E-state index is 0.312. The lowest BCUT2D eigenvalue weighted by molar-refractivity contribution is 0.120. The van der Waals surface area contributed by atoms with Crippen molar-refractivity contribution in [2.45, 2.75) is 37.9 Å². The van der Waals surface area contributed by atoms with Gasteiger partial charge in [0.05, 0.1) is 9.85 Å². The maximum Gasteiger partial charge on any atom is 0.0557 e. The van der Waals surface area contributed by atoms with Gasteiger partial charge in [0.2, 0.25) is 0 Å². The molecule has 1 aromatic rings. The van der Waals surface area contributed by atoms with Crippen LogP contribution in [0.2, 0.25) is 5.02 Å². The number of hydrogen-bond donors (Lipinski definition) is 0. The smallest absolute Gasteiger partial charge is 0.0557 e. The second kappa shape index (κ2) is 4.38. The maximum absolute atomic E-state index is 6.19. The molecule has 1 aromatic heterocycles. The lowest BCUT2D eigenvalue weighted by Crippen LogP contribution is -2.32. The lowest BCUT2D eigenvalue weighted by Gasteiger charge is -2.43. The van der Waals surface area contributed by atoms with Crippen molar-refractivity contribution in [3.63, 3.8) is 0 Å². The Morgan fingerprint density at radius 1 is 1.53 bits per heavy atom. The summed E-state index contributed by atoms with van der Waals surface area (Å²) in [6.07, 6.45) is 4.14. The minimum absolute atomic E-state index is 0.312. The molecule has 84 valence electrons. The van der Waals surface area contributed by atoms with Gasteiger partial charge in [-0.25, -0.2) is 0 Å². The number of alkyl halides is 1. The first-order valence-corrected chi connectivity index (χ1v) is 7.57. The third kappa shape index (κ3) is 2.13. The first-order chi connectivity index (χ1) is 7.03. The van der Waals surface area contributed by atoms with Crippen LogP contribution >= 0.6 is 38.9 Å². The lowest BCUT2D eigenvalue weighted by atomic mass is 9.65. The van der Waals surface area contributed by atoms with Crippen LogP contribution in [0.4, 0.5) is 0 Å². The summed E-state index contributed by atoms with van der Waals surface area (Å²) in [7, 11) is 0. The topological polar surface area (TPSA) is 0 Å². The van der Waals surface area contributed by atoms with E-state index in [4.69, 9.17) is 11.6 Å². The normalized spacial score (nSPS) is 20.0. The Bertz CT molecular complexity index is 341. The molecule has 3 heteroatoms. The highest BCUT2D eigenvalue weighted by Gasteiger charge is 2.40. The molecule has 1 aliphatic carbocycles. The molecule has 0 nitrogen and oxygen atoms in total. The highest BCUT2D eigenvalue weighted by atomic mass is 79.9. The van der Waals surface area contributed by atoms with Crippen LogP contribution in [0, 0.1) is 11.3 Å². The average Bonchev–Trinajstić information content (AvgIpc) is 2.45. The van der Waals surface area contributed by atoms with Crippen LogP contribution in [0.25, 0.3) is 0 Å². The number of halogens is 2. The molecule has 1 fully saturated rings. The van der Waals surface area contributed by atoms with E-state index >= 15 is 0 Å². The van der Waals surface area contributed by atoms with Crippen molar-refractivity contribution < 1.29 is 0 Å². The van der Waals surface area contributed by atoms with Gasteiger partial charge in [-0.1, -0.05) is 47.8 Å². The van der Waals surface area contributed by atoms with E-state index in [0.29, 0.717) is 10.2 Å². The summed E-state index contributed by atoms with van der Waals surface area (Å²) in [6.45, 7) is 4.71. The van der Waals surface area contributed by atoms with E-state index in [-0.39, 0.29) is 0 Å². The Kier molecular flexibility index (Phi) is 3.49. The first-order valence-electron chi connectivity index (χ1n) is 5.40. The van der Waals surface area contributed by atoms with Gasteiger partial charge in [-0.3, -0.25) is 0 Å². The van der Waals surface area contributed by atoms with Crippen LogP contribution in [0.3, 0.4) is 0 Å². The van der Waals surface area contributed by atoms with Crippen LogP contribution in [0.1, 0.15) is 42.8 Å². The van der Waals surface area contributed by atoms with Gasteiger partial charge >= 0.3 is 0 Å². The Labute approximate surface area is 109 Å². The Hall–Kier alpha value is 0.470. The summed E-state index contributed by atoms with van der Waals surface area (Å²) in [5.74, 6) is 0.847. The van der Waals surface area contributed by atoms with Crippen LogP contribution in [0.15, 0.2) is 11.4 Å². The quantitative estimate of drug-likeness (QED) is 0.632. The first kappa shape index (κ1) is 11.9. The van der Waals surface area contributed by atoms with Gasteiger partial charge in [0.1, 0.15) is 0 Å². The van der Waals surface area contributed by atoms with Crippen molar-refractivity contribution in [2.75, 3.05) is 0 Å². The highest BCUT2D eigenvalue weighted by Crippen LogP contribution is 2.54. The number of thiophene rings is 1. The Balaban J connectivity index is 2.19. The predicted octanol–water partition coefficient (Wildman–Crippen LogP) is 5.66. The zero-order chi connectivity index (χ0) is 11.1.